The number of primary amides is 1. The van der Waals surface area contributed by atoms with Crippen LogP contribution in [-0.4, -0.2) is 70.9 Å². The second-order valence-corrected chi connectivity index (χ2v) is 9.36. The first-order chi connectivity index (χ1) is 14.8. The molecule has 0 aromatic carbocycles. The summed E-state index contributed by atoms with van der Waals surface area (Å²) >= 11 is 1.55. The van der Waals surface area contributed by atoms with Gasteiger partial charge in [-0.05, 0) is 36.7 Å². The van der Waals surface area contributed by atoms with Crippen LogP contribution in [0.25, 0.3) is 0 Å². The van der Waals surface area contributed by atoms with Crippen LogP contribution in [0.1, 0.15) is 47.0 Å². The number of hydrogen-bond donors (Lipinski definition) is 6. The Hall–Kier alpha value is -2.34. The molecule has 0 fully saturated rings. The summed E-state index contributed by atoms with van der Waals surface area (Å²) in [5, 5.41) is 16.7. The lowest BCUT2D eigenvalue weighted by atomic mass is 9.99. The van der Waals surface area contributed by atoms with Crippen LogP contribution in [-0.2, 0) is 24.0 Å². The first kappa shape index (κ1) is 29.7. The average molecular weight is 476 g/mol. The Balaban J connectivity index is 5.39. The van der Waals surface area contributed by atoms with Crippen LogP contribution in [0.2, 0.25) is 0 Å². The van der Waals surface area contributed by atoms with E-state index in [-0.39, 0.29) is 5.92 Å². The summed E-state index contributed by atoms with van der Waals surface area (Å²) in [6.45, 7) is 7.10. The minimum atomic E-state index is -1.52. The third-order valence-electron chi connectivity index (χ3n) is 4.58. The van der Waals surface area contributed by atoms with Gasteiger partial charge in [0, 0.05) is 0 Å². The van der Waals surface area contributed by atoms with E-state index in [2.05, 4.69) is 16.0 Å². The summed E-state index contributed by atoms with van der Waals surface area (Å²) in [6.07, 6.45) is 2.09. The first-order valence-corrected chi connectivity index (χ1v) is 11.9. The van der Waals surface area contributed by atoms with Crippen molar-refractivity contribution in [3.05, 3.63) is 0 Å². The molecule has 8 N–H and O–H groups in total. The number of amides is 4. The molecule has 0 heterocycles. The molecule has 0 aromatic rings. The summed E-state index contributed by atoms with van der Waals surface area (Å²) in [5.41, 5.74) is 10.9. The molecule has 184 valence electrons. The molecule has 4 atom stereocenters. The van der Waals surface area contributed by atoms with Gasteiger partial charge >= 0.3 is 5.97 Å². The summed E-state index contributed by atoms with van der Waals surface area (Å²) in [4.78, 5) is 60.4. The predicted octanol–water partition coefficient (Wildman–Crippen LogP) is -0.817. The smallest absolute Gasteiger partial charge is 0.326 e. The van der Waals surface area contributed by atoms with Gasteiger partial charge in [-0.15, -0.1) is 0 Å². The van der Waals surface area contributed by atoms with Crippen molar-refractivity contribution < 1.29 is 29.1 Å². The van der Waals surface area contributed by atoms with E-state index in [0.29, 0.717) is 18.6 Å². The number of thioether (sulfide) groups is 1. The van der Waals surface area contributed by atoms with Crippen LogP contribution >= 0.6 is 11.8 Å². The molecule has 4 amide bonds. The van der Waals surface area contributed by atoms with Gasteiger partial charge in [-0.3, -0.25) is 19.2 Å². The zero-order valence-electron chi connectivity index (χ0n) is 19.3. The van der Waals surface area contributed by atoms with E-state index in [4.69, 9.17) is 11.5 Å². The van der Waals surface area contributed by atoms with Gasteiger partial charge in [0.15, 0.2) is 0 Å². The van der Waals surface area contributed by atoms with Crippen molar-refractivity contribution in [1.29, 1.82) is 0 Å². The van der Waals surface area contributed by atoms with Crippen molar-refractivity contribution in [2.45, 2.75) is 71.1 Å². The van der Waals surface area contributed by atoms with Gasteiger partial charge in [0.05, 0.1) is 12.5 Å². The maximum Gasteiger partial charge on any atom is 0.326 e. The summed E-state index contributed by atoms with van der Waals surface area (Å²) in [6, 6.07) is -4.29. The summed E-state index contributed by atoms with van der Waals surface area (Å²) in [7, 11) is 0. The minimum Gasteiger partial charge on any atom is -0.480 e. The molecular formula is C20H37N5O6S. The van der Waals surface area contributed by atoms with Crippen LogP contribution in [0.5, 0.6) is 0 Å². The molecule has 0 bridgehead atoms. The normalized spacial score (nSPS) is 14.9. The maximum atomic E-state index is 12.9. The molecule has 0 radical (unpaired) electrons. The van der Waals surface area contributed by atoms with E-state index in [1.54, 1.807) is 25.6 Å². The largest absolute Gasteiger partial charge is 0.480 e. The van der Waals surface area contributed by atoms with Gasteiger partial charge in [0.2, 0.25) is 23.6 Å². The topological polar surface area (TPSA) is 194 Å². The van der Waals surface area contributed by atoms with E-state index in [1.807, 2.05) is 20.1 Å². The highest BCUT2D eigenvalue weighted by Crippen LogP contribution is 2.09. The van der Waals surface area contributed by atoms with Crippen molar-refractivity contribution in [3.8, 4) is 0 Å². The molecule has 0 aromatic heterocycles. The van der Waals surface area contributed by atoms with Crippen LogP contribution in [0.4, 0.5) is 0 Å². The van der Waals surface area contributed by atoms with Crippen molar-refractivity contribution in [1.82, 2.24) is 16.0 Å². The molecule has 0 aliphatic rings. The van der Waals surface area contributed by atoms with Crippen LogP contribution in [0.15, 0.2) is 0 Å². The van der Waals surface area contributed by atoms with Crippen molar-refractivity contribution in [3.63, 3.8) is 0 Å². The molecule has 0 aliphatic carbocycles. The molecule has 11 nitrogen and oxygen atoms in total. The standard InChI is InChI=1S/C20H37N5O6S/c1-10(2)8-13(23-17(27)12(21)6-7-32-5)18(28)25-16(11(3)4)19(29)24-14(20(30)31)9-15(22)26/h10-14,16H,6-9,21H2,1-5H3,(H2,22,26)(H,23,27)(H,24,29)(H,25,28)(H,30,31). The van der Waals surface area contributed by atoms with Crippen LogP contribution in [0, 0.1) is 11.8 Å². The molecule has 32 heavy (non-hydrogen) atoms. The Morgan fingerprint density at radius 2 is 1.47 bits per heavy atom. The summed E-state index contributed by atoms with van der Waals surface area (Å²) < 4.78 is 0. The second-order valence-electron chi connectivity index (χ2n) is 8.38. The fourth-order valence-electron chi connectivity index (χ4n) is 2.81. The first-order valence-electron chi connectivity index (χ1n) is 10.5. The maximum absolute atomic E-state index is 12.9. The van der Waals surface area contributed by atoms with Gasteiger partial charge in [-0.25, -0.2) is 4.79 Å². The van der Waals surface area contributed by atoms with E-state index in [1.165, 1.54) is 0 Å². The lowest BCUT2D eigenvalue weighted by Crippen LogP contribution is -2.58. The fraction of sp³-hybridized carbons (Fsp3) is 0.750. The molecule has 12 heteroatoms. The van der Waals surface area contributed by atoms with E-state index in [9.17, 15) is 29.1 Å². The number of nitrogens with two attached hydrogens (primary N) is 2. The Morgan fingerprint density at radius 1 is 0.906 bits per heavy atom. The van der Waals surface area contributed by atoms with Gasteiger partial charge in [-0.1, -0.05) is 27.7 Å². The highest BCUT2D eigenvalue weighted by Gasteiger charge is 2.32. The molecule has 0 spiro atoms. The highest BCUT2D eigenvalue weighted by atomic mass is 32.2. The van der Waals surface area contributed by atoms with Crippen LogP contribution in [0.3, 0.4) is 0 Å². The third kappa shape index (κ3) is 11.3. The minimum absolute atomic E-state index is 0.0618. The fourth-order valence-corrected chi connectivity index (χ4v) is 3.30. The zero-order chi connectivity index (χ0) is 25.0. The van der Waals surface area contributed by atoms with E-state index >= 15 is 0 Å². The Morgan fingerprint density at radius 3 is 1.91 bits per heavy atom. The third-order valence-corrected chi connectivity index (χ3v) is 5.22. The van der Waals surface area contributed by atoms with Gasteiger partial charge in [-0.2, -0.15) is 11.8 Å². The zero-order valence-corrected chi connectivity index (χ0v) is 20.2. The van der Waals surface area contributed by atoms with E-state index < -0.39 is 66.1 Å². The SMILES string of the molecule is CSCCC(N)C(=O)NC(CC(C)C)C(=O)NC(C(=O)NC(CC(N)=O)C(=O)O)C(C)C. The lowest BCUT2D eigenvalue weighted by molar-refractivity contribution is -0.144. The Kier molecular flexibility index (Phi) is 13.6. The quantitative estimate of drug-likeness (QED) is 0.177. The van der Waals surface area contributed by atoms with Crippen LogP contribution < -0.4 is 27.4 Å². The predicted molar refractivity (Wildman–Crippen MR) is 123 cm³/mol. The summed E-state index contributed by atoms with van der Waals surface area (Å²) in [5.74, 6) is -3.77. The van der Waals surface area contributed by atoms with Crippen molar-refractivity contribution in [2.75, 3.05) is 12.0 Å². The Labute approximate surface area is 193 Å². The molecule has 4 unspecified atom stereocenters. The van der Waals surface area contributed by atoms with Gasteiger partial charge in [0.1, 0.15) is 18.1 Å². The number of rotatable bonds is 15. The molecular weight excluding hydrogens is 438 g/mol. The number of nitrogens with one attached hydrogen (secondary N) is 3. The van der Waals surface area contributed by atoms with E-state index in [0.717, 1.165) is 0 Å². The van der Waals surface area contributed by atoms with Gasteiger partial charge < -0.3 is 32.5 Å². The number of hydrogen-bond acceptors (Lipinski definition) is 7. The molecule has 0 saturated heterocycles. The molecule has 0 saturated carbocycles. The highest BCUT2D eigenvalue weighted by molar-refractivity contribution is 7.98. The van der Waals surface area contributed by atoms with Crippen molar-refractivity contribution in [2.24, 2.45) is 23.3 Å². The molecule has 0 rings (SSSR count). The van der Waals surface area contributed by atoms with Crippen molar-refractivity contribution >= 4 is 41.4 Å². The van der Waals surface area contributed by atoms with Gasteiger partial charge in [0.25, 0.3) is 0 Å². The number of carbonyl (C=O) groups excluding carboxylic acids is 4. The number of carboxylic acid groups (broad SMARTS) is 1. The number of carbonyl (C=O) groups is 5. The lowest BCUT2D eigenvalue weighted by Gasteiger charge is -2.27. The second kappa shape index (κ2) is 14.7. The number of carboxylic acids is 1. The number of aliphatic carboxylic acids is 1. The molecule has 0 aliphatic heterocycles. The monoisotopic (exact) mass is 475 g/mol. The average Bonchev–Trinajstić information content (AvgIpc) is 2.67. The Bertz CT molecular complexity index is 673.